The molecule has 0 bridgehead atoms. The first-order valence-corrected chi connectivity index (χ1v) is 7.86. The van der Waals surface area contributed by atoms with E-state index in [9.17, 15) is 0 Å². The lowest BCUT2D eigenvalue weighted by Crippen LogP contribution is -1.79. The van der Waals surface area contributed by atoms with Crippen LogP contribution >= 0.6 is 46.6 Å². The minimum Gasteiger partial charge on any atom is -0.431 e. The summed E-state index contributed by atoms with van der Waals surface area (Å²) in [4.78, 5) is 4.37. The van der Waals surface area contributed by atoms with Crippen molar-refractivity contribution in [3.05, 3.63) is 57.0 Å². The molecule has 0 radical (unpaired) electrons. The summed E-state index contributed by atoms with van der Waals surface area (Å²) in [6.07, 6.45) is 0. The fraction of sp³-hybridized carbons (Fsp3) is 0.0714. The molecule has 0 aliphatic heterocycles. The van der Waals surface area contributed by atoms with Gasteiger partial charge in [-0.1, -0.05) is 58.7 Å². The monoisotopic (exact) mass is 343 g/mol. The lowest BCUT2D eigenvalue weighted by atomic mass is 10.2. The SMILES string of the molecule is Clc1ccc(CSc2nc3cc(Cl)c(Cl)cc3o2)cc1. The number of nitrogens with zero attached hydrogens (tertiary/aromatic N) is 1. The van der Waals surface area contributed by atoms with Crippen molar-refractivity contribution in [3.63, 3.8) is 0 Å². The van der Waals surface area contributed by atoms with E-state index in [0.29, 0.717) is 26.4 Å². The van der Waals surface area contributed by atoms with E-state index in [1.807, 2.05) is 24.3 Å². The van der Waals surface area contributed by atoms with E-state index in [1.54, 1.807) is 12.1 Å². The maximum Gasteiger partial charge on any atom is 0.257 e. The van der Waals surface area contributed by atoms with Crippen molar-refractivity contribution >= 4 is 57.7 Å². The van der Waals surface area contributed by atoms with Crippen molar-refractivity contribution in [1.29, 1.82) is 0 Å². The Hall–Kier alpha value is -0.870. The number of halogens is 3. The van der Waals surface area contributed by atoms with Crippen LogP contribution in [0.25, 0.3) is 11.1 Å². The van der Waals surface area contributed by atoms with Gasteiger partial charge in [0.05, 0.1) is 10.0 Å². The number of rotatable bonds is 3. The standard InChI is InChI=1S/C14H8Cl3NOS/c15-9-3-1-8(2-4-9)7-20-14-18-12-5-10(16)11(17)6-13(12)19-14/h1-6H,7H2. The molecule has 20 heavy (non-hydrogen) atoms. The fourth-order valence-corrected chi connectivity index (χ4v) is 2.92. The Morgan fingerprint density at radius 3 is 2.45 bits per heavy atom. The first-order valence-electron chi connectivity index (χ1n) is 5.74. The molecular formula is C14H8Cl3NOS. The van der Waals surface area contributed by atoms with Gasteiger partial charge in [0.25, 0.3) is 5.22 Å². The van der Waals surface area contributed by atoms with Crippen LogP contribution in [0.15, 0.2) is 46.0 Å². The number of oxazole rings is 1. The minimum atomic E-state index is 0.463. The summed E-state index contributed by atoms with van der Waals surface area (Å²) >= 11 is 19.3. The number of aromatic nitrogens is 1. The maximum atomic E-state index is 5.95. The molecule has 102 valence electrons. The molecule has 2 aromatic carbocycles. The second-order valence-electron chi connectivity index (χ2n) is 4.13. The van der Waals surface area contributed by atoms with Crippen LogP contribution in [0, 0.1) is 0 Å². The molecular weight excluding hydrogens is 337 g/mol. The Morgan fingerprint density at radius 1 is 1.00 bits per heavy atom. The Kier molecular flexibility index (Phi) is 4.13. The average Bonchev–Trinajstić information content (AvgIpc) is 2.80. The molecule has 0 aliphatic rings. The van der Waals surface area contributed by atoms with Gasteiger partial charge in [-0.2, -0.15) is 0 Å². The Morgan fingerprint density at radius 2 is 1.70 bits per heavy atom. The molecule has 0 aliphatic carbocycles. The zero-order chi connectivity index (χ0) is 14.1. The first-order chi connectivity index (χ1) is 9.61. The van der Waals surface area contributed by atoms with E-state index < -0.39 is 0 Å². The van der Waals surface area contributed by atoms with Gasteiger partial charge < -0.3 is 4.42 Å². The minimum absolute atomic E-state index is 0.463. The van der Waals surface area contributed by atoms with Crippen LogP contribution in [0.1, 0.15) is 5.56 Å². The van der Waals surface area contributed by atoms with Crippen molar-refractivity contribution in [2.24, 2.45) is 0 Å². The van der Waals surface area contributed by atoms with Crippen LogP contribution in [-0.2, 0) is 5.75 Å². The predicted octanol–water partition coefficient (Wildman–Crippen LogP) is 6.08. The third-order valence-corrected chi connectivity index (χ3v) is 4.56. The Balaban J connectivity index is 1.79. The summed E-state index contributed by atoms with van der Waals surface area (Å²) < 4.78 is 5.63. The maximum absolute atomic E-state index is 5.95. The molecule has 0 atom stereocenters. The van der Waals surface area contributed by atoms with Gasteiger partial charge in [0.15, 0.2) is 5.58 Å². The molecule has 0 N–H and O–H groups in total. The highest BCUT2D eigenvalue weighted by atomic mass is 35.5. The van der Waals surface area contributed by atoms with Gasteiger partial charge in [-0.15, -0.1) is 0 Å². The molecule has 1 heterocycles. The first kappa shape index (κ1) is 14.1. The van der Waals surface area contributed by atoms with Gasteiger partial charge in [0, 0.05) is 16.8 Å². The van der Waals surface area contributed by atoms with E-state index in [4.69, 9.17) is 39.2 Å². The summed E-state index contributed by atoms with van der Waals surface area (Å²) in [5.41, 5.74) is 2.49. The van der Waals surface area contributed by atoms with Crippen LogP contribution in [0.2, 0.25) is 15.1 Å². The molecule has 3 rings (SSSR count). The van der Waals surface area contributed by atoms with E-state index >= 15 is 0 Å². The van der Waals surface area contributed by atoms with Crippen LogP contribution in [0.4, 0.5) is 0 Å². The number of hydrogen-bond acceptors (Lipinski definition) is 3. The van der Waals surface area contributed by atoms with Crippen molar-refractivity contribution in [2.75, 3.05) is 0 Å². The van der Waals surface area contributed by atoms with Crippen molar-refractivity contribution in [1.82, 2.24) is 4.98 Å². The summed E-state index contributed by atoms with van der Waals surface area (Å²) in [6.45, 7) is 0. The molecule has 0 saturated heterocycles. The Labute approximate surface area is 135 Å². The van der Waals surface area contributed by atoms with Gasteiger partial charge in [0.1, 0.15) is 5.52 Å². The lowest BCUT2D eigenvalue weighted by Gasteiger charge is -1.98. The largest absolute Gasteiger partial charge is 0.431 e. The van der Waals surface area contributed by atoms with Crippen molar-refractivity contribution in [3.8, 4) is 0 Å². The number of thioether (sulfide) groups is 1. The molecule has 0 fully saturated rings. The second kappa shape index (κ2) is 5.86. The molecule has 0 spiro atoms. The summed E-state index contributed by atoms with van der Waals surface area (Å²) in [5, 5.41) is 2.25. The number of fused-ring (bicyclic) bond motifs is 1. The smallest absolute Gasteiger partial charge is 0.257 e. The highest BCUT2D eigenvalue weighted by Gasteiger charge is 2.09. The fourth-order valence-electron chi connectivity index (χ4n) is 1.69. The summed E-state index contributed by atoms with van der Waals surface area (Å²) in [7, 11) is 0. The van der Waals surface area contributed by atoms with E-state index in [-0.39, 0.29) is 0 Å². The van der Waals surface area contributed by atoms with E-state index in [1.165, 1.54) is 11.8 Å². The Bertz CT molecular complexity index is 716. The quantitative estimate of drug-likeness (QED) is 0.538. The summed E-state index contributed by atoms with van der Waals surface area (Å²) in [5.74, 6) is 0.755. The van der Waals surface area contributed by atoms with Gasteiger partial charge in [-0.05, 0) is 23.8 Å². The van der Waals surface area contributed by atoms with Crippen LogP contribution < -0.4 is 0 Å². The highest BCUT2D eigenvalue weighted by molar-refractivity contribution is 7.98. The summed E-state index contributed by atoms with van der Waals surface area (Å²) in [6, 6.07) is 11.1. The third kappa shape index (κ3) is 3.07. The third-order valence-electron chi connectivity index (χ3n) is 2.69. The average molecular weight is 345 g/mol. The van der Waals surface area contributed by atoms with Crippen molar-refractivity contribution in [2.45, 2.75) is 11.0 Å². The van der Waals surface area contributed by atoms with Gasteiger partial charge in [0.2, 0.25) is 0 Å². The van der Waals surface area contributed by atoms with Crippen molar-refractivity contribution < 1.29 is 4.42 Å². The van der Waals surface area contributed by atoms with Gasteiger partial charge >= 0.3 is 0 Å². The topological polar surface area (TPSA) is 26.0 Å². The number of hydrogen-bond donors (Lipinski definition) is 0. The molecule has 0 unspecified atom stereocenters. The highest BCUT2D eigenvalue weighted by Crippen LogP contribution is 2.31. The van der Waals surface area contributed by atoms with Gasteiger partial charge in [-0.25, -0.2) is 4.98 Å². The second-order valence-corrected chi connectivity index (χ2v) is 6.31. The molecule has 0 amide bonds. The van der Waals surface area contributed by atoms with E-state index in [2.05, 4.69) is 4.98 Å². The lowest BCUT2D eigenvalue weighted by molar-refractivity contribution is 0.489. The molecule has 1 aromatic heterocycles. The van der Waals surface area contributed by atoms with Crippen LogP contribution in [0.5, 0.6) is 0 Å². The zero-order valence-electron chi connectivity index (χ0n) is 10.1. The molecule has 6 heteroatoms. The molecule has 2 nitrogen and oxygen atoms in total. The van der Waals surface area contributed by atoms with E-state index in [0.717, 1.165) is 16.3 Å². The zero-order valence-corrected chi connectivity index (χ0v) is 13.2. The van der Waals surface area contributed by atoms with Crippen LogP contribution in [0.3, 0.4) is 0 Å². The van der Waals surface area contributed by atoms with Gasteiger partial charge in [-0.3, -0.25) is 0 Å². The molecule has 0 saturated carbocycles. The molecule has 3 aromatic rings. The number of benzene rings is 2. The predicted molar refractivity (Wildman–Crippen MR) is 85.0 cm³/mol. The normalized spacial score (nSPS) is 11.2. The van der Waals surface area contributed by atoms with Crippen LogP contribution in [-0.4, -0.2) is 4.98 Å².